The molecule has 0 aliphatic rings. The van der Waals surface area contributed by atoms with Crippen molar-refractivity contribution >= 4 is 11.6 Å². The maximum absolute atomic E-state index is 4.53. The van der Waals surface area contributed by atoms with Gasteiger partial charge in [-0.3, -0.25) is 0 Å². The van der Waals surface area contributed by atoms with Crippen LogP contribution in [-0.4, -0.2) is 30.1 Å². The van der Waals surface area contributed by atoms with Crippen LogP contribution in [0, 0.1) is 5.92 Å². The lowest BCUT2D eigenvalue weighted by Gasteiger charge is -2.28. The van der Waals surface area contributed by atoms with Gasteiger partial charge in [0, 0.05) is 25.7 Å². The molecule has 0 saturated carbocycles. The number of anilines is 2. The molecule has 0 aliphatic carbocycles. The Kier molecular flexibility index (Phi) is 6.60. The zero-order valence-corrected chi connectivity index (χ0v) is 13.0. The molecule has 0 spiro atoms. The third kappa shape index (κ3) is 3.82. The standard InChI is InChI=1S/C15H28N4/c1-6-12(7-2)10-19(9-4)15-13(8-3)14(16-5)17-11-18-15/h11-12H,6-10H2,1-5H3,(H,16,17,18). The topological polar surface area (TPSA) is 41.1 Å². The second-order valence-electron chi connectivity index (χ2n) is 4.85. The molecule has 108 valence electrons. The summed E-state index contributed by atoms with van der Waals surface area (Å²) in [6, 6.07) is 0. The fourth-order valence-corrected chi connectivity index (χ4v) is 2.44. The van der Waals surface area contributed by atoms with E-state index in [0.29, 0.717) is 0 Å². The first-order valence-electron chi connectivity index (χ1n) is 7.48. The highest BCUT2D eigenvalue weighted by molar-refractivity contribution is 5.58. The molecule has 1 rings (SSSR count). The summed E-state index contributed by atoms with van der Waals surface area (Å²) in [7, 11) is 1.92. The van der Waals surface area contributed by atoms with E-state index in [0.717, 1.165) is 37.1 Å². The van der Waals surface area contributed by atoms with Gasteiger partial charge in [0.15, 0.2) is 0 Å². The van der Waals surface area contributed by atoms with E-state index in [1.54, 1.807) is 6.33 Å². The van der Waals surface area contributed by atoms with Gasteiger partial charge in [-0.1, -0.05) is 33.6 Å². The van der Waals surface area contributed by atoms with Crippen LogP contribution in [0.1, 0.15) is 46.1 Å². The first kappa shape index (κ1) is 15.7. The quantitative estimate of drug-likeness (QED) is 0.782. The molecule has 0 bridgehead atoms. The molecule has 0 aliphatic heterocycles. The normalized spacial score (nSPS) is 10.8. The van der Waals surface area contributed by atoms with E-state index in [4.69, 9.17) is 0 Å². The summed E-state index contributed by atoms with van der Waals surface area (Å²) < 4.78 is 0. The molecule has 0 radical (unpaired) electrons. The average molecular weight is 264 g/mol. The molecule has 0 amide bonds. The van der Waals surface area contributed by atoms with E-state index in [1.165, 1.54) is 18.4 Å². The van der Waals surface area contributed by atoms with Gasteiger partial charge in [-0.05, 0) is 19.3 Å². The molecule has 1 aromatic heterocycles. The van der Waals surface area contributed by atoms with E-state index in [2.05, 4.69) is 47.9 Å². The Balaban J connectivity index is 3.03. The van der Waals surface area contributed by atoms with Gasteiger partial charge in [0.05, 0.1) is 0 Å². The second kappa shape index (κ2) is 7.97. The average Bonchev–Trinajstić information content (AvgIpc) is 2.47. The third-order valence-electron chi connectivity index (χ3n) is 3.83. The molecular formula is C15H28N4. The molecule has 0 unspecified atom stereocenters. The smallest absolute Gasteiger partial charge is 0.137 e. The van der Waals surface area contributed by atoms with Crippen molar-refractivity contribution in [2.45, 2.75) is 47.0 Å². The molecule has 0 atom stereocenters. The van der Waals surface area contributed by atoms with Crippen LogP contribution in [0.15, 0.2) is 6.33 Å². The predicted octanol–water partition coefficient (Wildman–Crippen LogP) is 3.34. The second-order valence-corrected chi connectivity index (χ2v) is 4.85. The monoisotopic (exact) mass is 264 g/mol. The van der Waals surface area contributed by atoms with Crippen LogP contribution in [-0.2, 0) is 6.42 Å². The van der Waals surface area contributed by atoms with Gasteiger partial charge < -0.3 is 10.2 Å². The molecule has 4 nitrogen and oxygen atoms in total. The minimum atomic E-state index is 0.734. The fourth-order valence-electron chi connectivity index (χ4n) is 2.44. The summed E-state index contributed by atoms with van der Waals surface area (Å²) in [5.41, 5.74) is 1.22. The van der Waals surface area contributed by atoms with Gasteiger partial charge in [-0.15, -0.1) is 0 Å². The maximum atomic E-state index is 4.53. The van der Waals surface area contributed by atoms with Crippen molar-refractivity contribution in [3.8, 4) is 0 Å². The number of aromatic nitrogens is 2. The van der Waals surface area contributed by atoms with Crippen molar-refractivity contribution in [3.63, 3.8) is 0 Å². The van der Waals surface area contributed by atoms with E-state index in [9.17, 15) is 0 Å². The van der Waals surface area contributed by atoms with E-state index in [-0.39, 0.29) is 0 Å². The molecule has 4 heteroatoms. The van der Waals surface area contributed by atoms with Gasteiger partial charge in [0.1, 0.15) is 18.0 Å². The zero-order chi connectivity index (χ0) is 14.3. The summed E-state index contributed by atoms with van der Waals surface area (Å²) >= 11 is 0. The number of nitrogens with one attached hydrogen (secondary N) is 1. The Morgan fingerprint density at radius 3 is 2.32 bits per heavy atom. The highest BCUT2D eigenvalue weighted by Gasteiger charge is 2.17. The molecule has 1 aromatic rings. The minimum Gasteiger partial charge on any atom is -0.373 e. The third-order valence-corrected chi connectivity index (χ3v) is 3.83. The molecule has 0 aromatic carbocycles. The number of hydrogen-bond acceptors (Lipinski definition) is 4. The summed E-state index contributed by atoms with van der Waals surface area (Å²) in [4.78, 5) is 11.2. The van der Waals surface area contributed by atoms with E-state index in [1.807, 2.05) is 7.05 Å². The first-order valence-corrected chi connectivity index (χ1v) is 7.48. The van der Waals surface area contributed by atoms with Crippen LogP contribution in [0.4, 0.5) is 11.6 Å². The number of hydrogen-bond donors (Lipinski definition) is 1. The molecule has 1 heterocycles. The van der Waals surface area contributed by atoms with Crippen LogP contribution in [0.3, 0.4) is 0 Å². The molecular weight excluding hydrogens is 236 g/mol. The SMILES string of the molecule is CCc1c(NC)ncnc1N(CC)CC(CC)CC. The Labute approximate surface area is 117 Å². The largest absolute Gasteiger partial charge is 0.373 e. The Morgan fingerprint density at radius 2 is 1.84 bits per heavy atom. The van der Waals surface area contributed by atoms with Crippen LogP contribution in [0.2, 0.25) is 0 Å². The summed E-state index contributed by atoms with van der Waals surface area (Å²) in [5.74, 6) is 2.78. The molecule has 1 N–H and O–H groups in total. The molecule has 0 fully saturated rings. The number of rotatable bonds is 8. The lowest BCUT2D eigenvalue weighted by molar-refractivity contribution is 0.484. The highest BCUT2D eigenvalue weighted by atomic mass is 15.2. The lowest BCUT2D eigenvalue weighted by Crippen LogP contribution is -2.31. The van der Waals surface area contributed by atoms with Crippen LogP contribution in [0.25, 0.3) is 0 Å². The molecule has 19 heavy (non-hydrogen) atoms. The van der Waals surface area contributed by atoms with Gasteiger partial charge >= 0.3 is 0 Å². The van der Waals surface area contributed by atoms with Gasteiger partial charge in [-0.2, -0.15) is 0 Å². The van der Waals surface area contributed by atoms with Crippen molar-refractivity contribution in [2.75, 3.05) is 30.4 Å². The zero-order valence-electron chi connectivity index (χ0n) is 13.0. The van der Waals surface area contributed by atoms with E-state index < -0.39 is 0 Å². The lowest BCUT2D eigenvalue weighted by atomic mass is 10.0. The van der Waals surface area contributed by atoms with Crippen molar-refractivity contribution < 1.29 is 0 Å². The maximum Gasteiger partial charge on any atom is 0.137 e. The fraction of sp³-hybridized carbons (Fsp3) is 0.733. The van der Waals surface area contributed by atoms with Crippen LogP contribution < -0.4 is 10.2 Å². The highest BCUT2D eigenvalue weighted by Crippen LogP contribution is 2.25. The Hall–Kier alpha value is -1.32. The Morgan fingerprint density at radius 1 is 1.16 bits per heavy atom. The van der Waals surface area contributed by atoms with Crippen molar-refractivity contribution in [1.29, 1.82) is 0 Å². The van der Waals surface area contributed by atoms with E-state index >= 15 is 0 Å². The van der Waals surface area contributed by atoms with Crippen molar-refractivity contribution in [2.24, 2.45) is 5.92 Å². The first-order chi connectivity index (χ1) is 9.21. The predicted molar refractivity (Wildman–Crippen MR) is 82.9 cm³/mol. The number of nitrogens with zero attached hydrogens (tertiary/aromatic N) is 3. The molecule has 0 saturated heterocycles. The summed E-state index contributed by atoms with van der Waals surface area (Å²) in [6.45, 7) is 11.0. The Bertz CT molecular complexity index is 374. The van der Waals surface area contributed by atoms with Crippen molar-refractivity contribution in [3.05, 3.63) is 11.9 Å². The minimum absolute atomic E-state index is 0.734. The summed E-state index contributed by atoms with van der Waals surface area (Å²) in [6.07, 6.45) is 5.05. The van der Waals surface area contributed by atoms with Gasteiger partial charge in [0.25, 0.3) is 0 Å². The van der Waals surface area contributed by atoms with Crippen LogP contribution >= 0.6 is 0 Å². The van der Waals surface area contributed by atoms with Crippen LogP contribution in [0.5, 0.6) is 0 Å². The van der Waals surface area contributed by atoms with Crippen molar-refractivity contribution in [1.82, 2.24) is 9.97 Å². The van der Waals surface area contributed by atoms with Gasteiger partial charge in [-0.25, -0.2) is 9.97 Å². The van der Waals surface area contributed by atoms with Gasteiger partial charge in [0.2, 0.25) is 0 Å². The summed E-state index contributed by atoms with van der Waals surface area (Å²) in [5, 5.41) is 3.17.